The first-order valence-electron chi connectivity index (χ1n) is 9.02. The molecular weight excluding hydrogens is 483 g/mol. The van der Waals surface area contributed by atoms with Crippen molar-refractivity contribution in [1.82, 2.24) is 5.16 Å². The fraction of sp³-hybridized carbons (Fsp3) is 0.238. The predicted molar refractivity (Wildman–Crippen MR) is 104 cm³/mol. The Labute approximate surface area is 186 Å². The summed E-state index contributed by atoms with van der Waals surface area (Å²) < 4.78 is 98.3. The first-order valence-corrected chi connectivity index (χ1v) is 9.40. The Morgan fingerprint density at radius 1 is 0.939 bits per heavy atom. The van der Waals surface area contributed by atoms with Crippen molar-refractivity contribution in [3.8, 4) is 22.6 Å². The smallest absolute Gasteiger partial charge is 0.435 e. The number of carboxylic acids is 1. The summed E-state index contributed by atoms with van der Waals surface area (Å²) in [5.41, 5.74) is -7.16. The van der Waals surface area contributed by atoms with Gasteiger partial charge in [0.25, 0.3) is 0 Å². The third-order valence-electron chi connectivity index (χ3n) is 4.96. The van der Waals surface area contributed by atoms with Crippen molar-refractivity contribution >= 4 is 17.6 Å². The van der Waals surface area contributed by atoms with Crippen LogP contribution in [0.2, 0.25) is 5.02 Å². The van der Waals surface area contributed by atoms with Crippen LogP contribution in [0, 0.1) is 13.8 Å². The van der Waals surface area contributed by atoms with Gasteiger partial charge in [-0.3, -0.25) is 0 Å². The van der Waals surface area contributed by atoms with Gasteiger partial charge in [0.05, 0.1) is 10.6 Å². The number of alkyl halides is 7. The van der Waals surface area contributed by atoms with Gasteiger partial charge in [-0.15, -0.1) is 0 Å². The summed E-state index contributed by atoms with van der Waals surface area (Å²) in [5, 5.41) is 12.9. The molecule has 1 aromatic heterocycles. The van der Waals surface area contributed by atoms with Crippen molar-refractivity contribution in [2.24, 2.45) is 0 Å². The van der Waals surface area contributed by atoms with Crippen LogP contribution >= 0.6 is 11.6 Å². The molecule has 0 aliphatic heterocycles. The normalized spacial score (nSPS) is 12.8. The molecule has 0 radical (unpaired) electrons. The van der Waals surface area contributed by atoms with Gasteiger partial charge in [0.2, 0.25) is 0 Å². The zero-order valence-corrected chi connectivity index (χ0v) is 17.5. The number of rotatable bonds is 4. The van der Waals surface area contributed by atoms with Crippen LogP contribution in [0.15, 0.2) is 40.9 Å². The summed E-state index contributed by atoms with van der Waals surface area (Å²) >= 11 is 5.82. The van der Waals surface area contributed by atoms with Crippen LogP contribution in [0.3, 0.4) is 0 Å². The van der Waals surface area contributed by atoms with Gasteiger partial charge >= 0.3 is 24.0 Å². The number of aryl methyl sites for hydroxylation is 2. The molecule has 12 heteroatoms. The van der Waals surface area contributed by atoms with E-state index in [4.69, 9.17) is 16.1 Å². The molecule has 0 saturated heterocycles. The van der Waals surface area contributed by atoms with Crippen LogP contribution in [0.1, 0.15) is 27.0 Å². The highest BCUT2D eigenvalue weighted by Crippen LogP contribution is 2.54. The molecule has 4 nitrogen and oxygen atoms in total. The van der Waals surface area contributed by atoms with E-state index >= 15 is 0 Å². The molecule has 1 heterocycles. The maximum Gasteiger partial charge on any atom is 0.435 e. The average molecular weight is 496 g/mol. The van der Waals surface area contributed by atoms with Gasteiger partial charge in [0.15, 0.2) is 5.76 Å². The maximum absolute atomic E-state index is 14.5. The molecule has 0 amide bonds. The first-order chi connectivity index (χ1) is 15.1. The van der Waals surface area contributed by atoms with Gasteiger partial charge in [-0.1, -0.05) is 28.9 Å². The zero-order chi connectivity index (χ0) is 24.9. The Kier molecular flexibility index (Phi) is 5.99. The quantitative estimate of drug-likeness (QED) is 0.387. The number of benzene rings is 2. The largest absolute Gasteiger partial charge is 0.478 e. The summed E-state index contributed by atoms with van der Waals surface area (Å²) in [4.78, 5) is 11.3. The number of aromatic nitrogens is 1. The van der Waals surface area contributed by atoms with Gasteiger partial charge in [0.1, 0.15) is 5.69 Å². The van der Waals surface area contributed by atoms with E-state index in [1.165, 1.54) is 38.1 Å². The van der Waals surface area contributed by atoms with Crippen LogP contribution in [0.4, 0.5) is 30.7 Å². The molecule has 0 saturated carbocycles. The fourth-order valence-electron chi connectivity index (χ4n) is 3.43. The highest BCUT2D eigenvalue weighted by Gasteiger charge is 2.73. The lowest BCUT2D eigenvalue weighted by Crippen LogP contribution is -2.50. The molecule has 176 valence electrons. The number of nitrogens with zero attached hydrogens (tertiary/aromatic N) is 1. The van der Waals surface area contributed by atoms with Crippen LogP contribution < -0.4 is 0 Å². The molecule has 0 atom stereocenters. The summed E-state index contributed by atoms with van der Waals surface area (Å²) in [6, 6.07) is 6.20. The van der Waals surface area contributed by atoms with Gasteiger partial charge in [-0.2, -0.15) is 26.3 Å². The number of halogens is 8. The Hall–Kier alpha value is -3.08. The summed E-state index contributed by atoms with van der Waals surface area (Å²) in [7, 11) is 0. The van der Waals surface area contributed by atoms with Crippen LogP contribution in [-0.4, -0.2) is 28.6 Å². The number of carbonyl (C=O) groups is 1. The third kappa shape index (κ3) is 4.17. The van der Waals surface area contributed by atoms with E-state index in [9.17, 15) is 40.6 Å². The highest BCUT2D eigenvalue weighted by atomic mass is 35.5. The zero-order valence-electron chi connectivity index (χ0n) is 16.7. The van der Waals surface area contributed by atoms with Crippen molar-refractivity contribution < 1.29 is 45.2 Å². The Morgan fingerprint density at radius 3 is 1.97 bits per heavy atom. The number of hydrogen-bond acceptors (Lipinski definition) is 3. The van der Waals surface area contributed by atoms with E-state index in [-0.39, 0.29) is 44.3 Å². The van der Waals surface area contributed by atoms with Gasteiger partial charge in [-0.05, 0) is 43.2 Å². The number of hydrogen-bond donors (Lipinski definition) is 1. The molecule has 0 unspecified atom stereocenters. The fourth-order valence-corrected chi connectivity index (χ4v) is 3.62. The molecule has 3 rings (SSSR count). The first kappa shape index (κ1) is 24.6. The highest BCUT2D eigenvalue weighted by molar-refractivity contribution is 6.33. The molecule has 1 N–H and O–H groups in total. The molecular formula is C21H13ClF7NO3. The minimum Gasteiger partial charge on any atom is -0.478 e. The molecule has 33 heavy (non-hydrogen) atoms. The van der Waals surface area contributed by atoms with Gasteiger partial charge < -0.3 is 9.63 Å². The van der Waals surface area contributed by atoms with E-state index in [1.54, 1.807) is 0 Å². The Morgan fingerprint density at radius 2 is 1.48 bits per heavy atom. The summed E-state index contributed by atoms with van der Waals surface area (Å²) in [6.45, 7) is 2.41. The minimum absolute atomic E-state index is 0.0303. The lowest BCUT2D eigenvalue weighted by atomic mass is 9.88. The third-order valence-corrected chi connectivity index (χ3v) is 5.29. The second-order valence-corrected chi connectivity index (χ2v) is 7.62. The van der Waals surface area contributed by atoms with Crippen LogP contribution in [-0.2, 0) is 5.67 Å². The molecule has 3 aromatic rings. The number of aromatic carboxylic acids is 1. The summed E-state index contributed by atoms with van der Waals surface area (Å²) in [6.07, 6.45) is -12.5. The molecule has 2 aromatic carbocycles. The maximum atomic E-state index is 14.5. The lowest BCUT2D eigenvalue weighted by molar-refractivity contribution is -0.348. The summed E-state index contributed by atoms with van der Waals surface area (Å²) in [5.74, 6) is -1.23. The molecule has 0 spiro atoms. The lowest BCUT2D eigenvalue weighted by Gasteiger charge is -2.31. The Balaban J connectivity index is 2.10. The topological polar surface area (TPSA) is 63.3 Å². The van der Waals surface area contributed by atoms with E-state index in [0.29, 0.717) is 12.1 Å². The van der Waals surface area contributed by atoms with Gasteiger partial charge in [-0.25, -0.2) is 9.18 Å². The van der Waals surface area contributed by atoms with Crippen molar-refractivity contribution in [3.63, 3.8) is 0 Å². The van der Waals surface area contributed by atoms with Crippen LogP contribution in [0.25, 0.3) is 22.6 Å². The monoisotopic (exact) mass is 495 g/mol. The number of carboxylic acid groups (broad SMARTS) is 1. The molecule has 0 bridgehead atoms. The molecule has 0 aliphatic carbocycles. The van der Waals surface area contributed by atoms with E-state index in [0.717, 1.165) is 0 Å². The minimum atomic E-state index is -6.23. The van der Waals surface area contributed by atoms with Crippen molar-refractivity contribution in [3.05, 3.63) is 63.7 Å². The van der Waals surface area contributed by atoms with E-state index < -0.39 is 29.6 Å². The second kappa shape index (κ2) is 8.05. The second-order valence-electron chi connectivity index (χ2n) is 7.22. The van der Waals surface area contributed by atoms with E-state index in [1.807, 2.05) is 0 Å². The van der Waals surface area contributed by atoms with Crippen molar-refractivity contribution in [1.29, 1.82) is 0 Å². The predicted octanol–water partition coefficient (Wildman–Crippen LogP) is 7.27. The standard InChI is InChI=1S/C21H13ClF7NO3/c1-9-5-12(19(23,20(24,25)26)21(27,28)29)6-10(2)17(9)15-8-16(33-30-15)11-3-4-14(22)13(7-11)18(31)32/h3-8H,1-2H3,(H,31,32). The van der Waals surface area contributed by atoms with Crippen molar-refractivity contribution in [2.75, 3.05) is 0 Å². The van der Waals surface area contributed by atoms with Crippen LogP contribution in [0.5, 0.6) is 0 Å². The Bertz CT molecular complexity index is 1190. The molecule has 0 fully saturated rings. The molecule has 0 aliphatic rings. The SMILES string of the molecule is Cc1cc(C(F)(C(F)(F)F)C(F)(F)F)cc(C)c1-c1cc(-c2ccc(Cl)c(C(=O)O)c2)on1. The van der Waals surface area contributed by atoms with Gasteiger partial charge in [0, 0.05) is 22.8 Å². The van der Waals surface area contributed by atoms with Crippen molar-refractivity contribution in [2.45, 2.75) is 31.9 Å². The average Bonchev–Trinajstić information content (AvgIpc) is 3.14. The van der Waals surface area contributed by atoms with E-state index in [2.05, 4.69) is 5.16 Å².